The SMILES string of the molecule is CC1CN(S(=O)(=O)N2CCN(C(=O)c3cc(C(C)C)ccc3O)CC2)CC(C)O1. The molecule has 0 aliphatic carbocycles. The molecule has 29 heavy (non-hydrogen) atoms. The van der Waals surface area contributed by atoms with Gasteiger partial charge in [-0.2, -0.15) is 17.0 Å². The van der Waals surface area contributed by atoms with Gasteiger partial charge in [-0.3, -0.25) is 4.79 Å². The summed E-state index contributed by atoms with van der Waals surface area (Å²) in [5.41, 5.74) is 1.24. The van der Waals surface area contributed by atoms with Crippen LogP contribution < -0.4 is 0 Å². The van der Waals surface area contributed by atoms with Crippen LogP contribution in [0.2, 0.25) is 0 Å². The van der Waals surface area contributed by atoms with E-state index in [0.717, 1.165) is 5.56 Å². The Morgan fingerprint density at radius 3 is 2.21 bits per heavy atom. The fourth-order valence-electron chi connectivity index (χ4n) is 3.86. The topological polar surface area (TPSA) is 90.4 Å². The van der Waals surface area contributed by atoms with Crippen molar-refractivity contribution in [2.75, 3.05) is 39.3 Å². The molecule has 0 saturated carbocycles. The second-order valence-electron chi connectivity index (χ2n) is 8.20. The molecule has 1 aromatic rings. The Hall–Kier alpha value is -1.68. The molecule has 2 heterocycles. The fourth-order valence-corrected chi connectivity index (χ4v) is 5.61. The van der Waals surface area contributed by atoms with Gasteiger partial charge in [-0.1, -0.05) is 19.9 Å². The smallest absolute Gasteiger partial charge is 0.282 e. The van der Waals surface area contributed by atoms with E-state index in [1.165, 1.54) is 8.61 Å². The molecule has 2 unspecified atom stereocenters. The molecule has 8 nitrogen and oxygen atoms in total. The van der Waals surface area contributed by atoms with Crippen LogP contribution in [0, 0.1) is 0 Å². The van der Waals surface area contributed by atoms with Crippen LogP contribution in [0.15, 0.2) is 18.2 Å². The monoisotopic (exact) mass is 425 g/mol. The predicted molar refractivity (Wildman–Crippen MR) is 110 cm³/mol. The predicted octanol–water partition coefficient (Wildman–Crippen LogP) is 1.63. The van der Waals surface area contributed by atoms with Crippen LogP contribution in [-0.2, 0) is 14.9 Å². The lowest BCUT2D eigenvalue weighted by atomic mass is 9.99. The van der Waals surface area contributed by atoms with Gasteiger partial charge in [0.15, 0.2) is 0 Å². The minimum absolute atomic E-state index is 0.0502. The summed E-state index contributed by atoms with van der Waals surface area (Å²) in [6.07, 6.45) is -0.291. The van der Waals surface area contributed by atoms with Crippen molar-refractivity contribution in [1.29, 1.82) is 0 Å². The number of piperazine rings is 1. The number of benzene rings is 1. The third kappa shape index (κ3) is 4.74. The van der Waals surface area contributed by atoms with Gasteiger partial charge in [0.05, 0.1) is 17.8 Å². The van der Waals surface area contributed by atoms with E-state index >= 15 is 0 Å². The average Bonchev–Trinajstić information content (AvgIpc) is 2.67. The number of phenolic OH excluding ortho intramolecular Hbond substituents is 1. The molecular weight excluding hydrogens is 394 g/mol. The molecule has 2 atom stereocenters. The Bertz CT molecular complexity index is 840. The first kappa shape index (κ1) is 22.0. The van der Waals surface area contributed by atoms with Crippen molar-refractivity contribution in [3.8, 4) is 5.75 Å². The maximum Gasteiger partial charge on any atom is 0.282 e. The molecule has 0 radical (unpaired) electrons. The Morgan fingerprint density at radius 2 is 1.66 bits per heavy atom. The molecule has 2 fully saturated rings. The van der Waals surface area contributed by atoms with Gasteiger partial charge in [-0.25, -0.2) is 0 Å². The lowest BCUT2D eigenvalue weighted by Gasteiger charge is -2.40. The minimum atomic E-state index is -3.59. The van der Waals surface area contributed by atoms with Crippen molar-refractivity contribution in [3.05, 3.63) is 29.3 Å². The van der Waals surface area contributed by atoms with Gasteiger partial charge in [0.25, 0.3) is 16.1 Å². The number of morpholine rings is 1. The molecular formula is C20H31N3O5S. The van der Waals surface area contributed by atoms with E-state index in [-0.39, 0.29) is 48.4 Å². The van der Waals surface area contributed by atoms with Crippen molar-refractivity contribution >= 4 is 16.1 Å². The van der Waals surface area contributed by atoms with Gasteiger partial charge >= 0.3 is 0 Å². The van der Waals surface area contributed by atoms with Crippen molar-refractivity contribution in [1.82, 2.24) is 13.5 Å². The van der Waals surface area contributed by atoms with E-state index in [0.29, 0.717) is 26.2 Å². The number of phenols is 1. The number of aromatic hydroxyl groups is 1. The van der Waals surface area contributed by atoms with E-state index in [2.05, 4.69) is 0 Å². The highest BCUT2D eigenvalue weighted by molar-refractivity contribution is 7.86. The van der Waals surface area contributed by atoms with E-state index in [1.54, 1.807) is 17.0 Å². The van der Waals surface area contributed by atoms with Crippen LogP contribution >= 0.6 is 0 Å². The number of amides is 1. The number of carbonyl (C=O) groups is 1. The molecule has 2 aliphatic rings. The summed E-state index contributed by atoms with van der Waals surface area (Å²) in [5, 5.41) is 10.1. The van der Waals surface area contributed by atoms with Crippen LogP contribution in [0.25, 0.3) is 0 Å². The molecule has 0 spiro atoms. The number of nitrogens with zero attached hydrogens (tertiary/aromatic N) is 3. The highest BCUT2D eigenvalue weighted by atomic mass is 32.2. The van der Waals surface area contributed by atoms with Gasteiger partial charge in [-0.15, -0.1) is 0 Å². The average molecular weight is 426 g/mol. The molecule has 162 valence electrons. The maximum absolute atomic E-state index is 13.0. The molecule has 1 amide bonds. The zero-order valence-electron chi connectivity index (χ0n) is 17.5. The van der Waals surface area contributed by atoms with Crippen molar-refractivity contribution < 1.29 is 23.1 Å². The zero-order valence-corrected chi connectivity index (χ0v) is 18.4. The van der Waals surface area contributed by atoms with Crippen LogP contribution in [0.3, 0.4) is 0 Å². The summed E-state index contributed by atoms with van der Waals surface area (Å²) in [6.45, 7) is 9.51. The largest absolute Gasteiger partial charge is 0.507 e. The van der Waals surface area contributed by atoms with Gasteiger partial charge in [0.1, 0.15) is 5.75 Å². The van der Waals surface area contributed by atoms with Gasteiger partial charge in [-0.05, 0) is 37.5 Å². The highest BCUT2D eigenvalue weighted by Crippen LogP contribution is 2.25. The third-order valence-electron chi connectivity index (χ3n) is 5.48. The number of carbonyl (C=O) groups excluding carboxylic acids is 1. The third-order valence-corrected chi connectivity index (χ3v) is 7.45. The zero-order chi connectivity index (χ0) is 21.3. The van der Waals surface area contributed by atoms with Crippen molar-refractivity contribution in [2.24, 2.45) is 0 Å². The Labute approximate surface area is 173 Å². The summed E-state index contributed by atoms with van der Waals surface area (Å²) >= 11 is 0. The fraction of sp³-hybridized carbons (Fsp3) is 0.650. The van der Waals surface area contributed by atoms with E-state index in [4.69, 9.17) is 4.74 Å². The number of hydrogen-bond donors (Lipinski definition) is 1. The lowest BCUT2D eigenvalue weighted by Crippen LogP contribution is -2.57. The second kappa shape index (κ2) is 8.59. The van der Waals surface area contributed by atoms with Crippen LogP contribution in [0.4, 0.5) is 0 Å². The molecule has 1 N–H and O–H groups in total. The first-order chi connectivity index (χ1) is 13.6. The summed E-state index contributed by atoms with van der Waals surface area (Å²) < 4.78 is 34.6. The van der Waals surface area contributed by atoms with Crippen LogP contribution in [0.1, 0.15) is 49.5 Å². The molecule has 2 aliphatic heterocycles. The van der Waals surface area contributed by atoms with E-state index < -0.39 is 10.2 Å². The van der Waals surface area contributed by atoms with E-state index in [9.17, 15) is 18.3 Å². The van der Waals surface area contributed by atoms with Crippen molar-refractivity contribution in [2.45, 2.75) is 45.8 Å². The Kier molecular flexibility index (Phi) is 6.52. The molecule has 0 bridgehead atoms. The number of hydrogen-bond acceptors (Lipinski definition) is 5. The molecule has 0 aromatic heterocycles. The molecule has 3 rings (SSSR count). The van der Waals surface area contributed by atoms with Crippen LogP contribution in [0.5, 0.6) is 5.75 Å². The number of ether oxygens (including phenoxy) is 1. The van der Waals surface area contributed by atoms with E-state index in [1.807, 2.05) is 33.8 Å². The van der Waals surface area contributed by atoms with Gasteiger partial charge in [0.2, 0.25) is 0 Å². The first-order valence-electron chi connectivity index (χ1n) is 10.1. The summed E-state index contributed by atoms with van der Waals surface area (Å²) in [7, 11) is -3.59. The Balaban J connectivity index is 1.67. The second-order valence-corrected chi connectivity index (χ2v) is 10.1. The number of rotatable bonds is 4. The summed E-state index contributed by atoms with van der Waals surface area (Å²) in [4.78, 5) is 14.5. The minimum Gasteiger partial charge on any atom is -0.507 e. The summed E-state index contributed by atoms with van der Waals surface area (Å²) in [6, 6.07) is 5.08. The van der Waals surface area contributed by atoms with Crippen LogP contribution in [-0.4, -0.2) is 84.4 Å². The lowest BCUT2D eigenvalue weighted by molar-refractivity contribution is -0.0457. The maximum atomic E-state index is 13.0. The highest BCUT2D eigenvalue weighted by Gasteiger charge is 2.37. The van der Waals surface area contributed by atoms with Crippen molar-refractivity contribution in [3.63, 3.8) is 0 Å². The van der Waals surface area contributed by atoms with Gasteiger partial charge in [0, 0.05) is 39.3 Å². The standard InChI is InChI=1S/C20H31N3O5S/c1-14(2)17-5-6-19(24)18(11-17)20(25)21-7-9-22(10-8-21)29(26,27)23-12-15(3)28-16(4)13-23/h5-6,11,14-16,24H,7-10,12-13H2,1-4H3. The van der Waals surface area contributed by atoms with Gasteiger partial charge < -0.3 is 14.7 Å². The normalized spacial score (nSPS) is 24.8. The first-order valence-corrected chi connectivity index (χ1v) is 11.5. The Morgan fingerprint density at radius 1 is 1.07 bits per heavy atom. The molecule has 9 heteroatoms. The molecule has 2 saturated heterocycles. The quantitative estimate of drug-likeness (QED) is 0.792. The molecule has 1 aromatic carbocycles. The summed E-state index contributed by atoms with van der Waals surface area (Å²) in [5.74, 6) is -0.0798.